The van der Waals surface area contributed by atoms with Crippen LogP contribution in [-0.2, 0) is 0 Å². The van der Waals surface area contributed by atoms with Gasteiger partial charge in [-0.2, -0.15) is 5.10 Å². The smallest absolute Gasteiger partial charge is 0.231 e. The molecule has 0 radical (unpaired) electrons. The topological polar surface area (TPSA) is 48.3 Å². The lowest BCUT2D eigenvalue weighted by molar-refractivity contribution is 0.174. The van der Waals surface area contributed by atoms with Gasteiger partial charge in [-0.05, 0) is 29.8 Å². The molecule has 0 bridgehead atoms. The predicted molar refractivity (Wildman–Crippen MR) is 124 cm³/mol. The van der Waals surface area contributed by atoms with Crippen LogP contribution in [0.15, 0.2) is 78.9 Å². The van der Waals surface area contributed by atoms with E-state index < -0.39 is 0 Å². The Morgan fingerprint density at radius 3 is 2.52 bits per heavy atom. The quantitative estimate of drug-likeness (QED) is 0.467. The molecule has 0 saturated carbocycles. The van der Waals surface area contributed by atoms with Crippen LogP contribution in [0.1, 0.15) is 16.4 Å². The Morgan fingerprint density at radius 1 is 0.903 bits per heavy atom. The zero-order chi connectivity index (χ0) is 20.6. The van der Waals surface area contributed by atoms with Gasteiger partial charge in [-0.15, -0.1) is 11.8 Å². The summed E-state index contributed by atoms with van der Waals surface area (Å²) >= 11 is 1.93. The molecule has 3 aromatic carbocycles. The van der Waals surface area contributed by atoms with Crippen LogP contribution in [-0.4, -0.2) is 28.9 Å². The molecule has 2 aliphatic heterocycles. The van der Waals surface area contributed by atoms with E-state index in [9.17, 15) is 0 Å². The number of nitrogens with zero attached hydrogens (tertiary/aromatic N) is 2. The molecule has 0 saturated heterocycles. The Hall–Kier alpha value is -3.38. The Bertz CT molecular complexity index is 1220. The maximum atomic E-state index is 5.67. The highest BCUT2D eigenvalue weighted by Crippen LogP contribution is 2.48. The van der Waals surface area contributed by atoms with E-state index >= 15 is 0 Å². The Kier molecular flexibility index (Phi) is 4.57. The number of nitrogens with one attached hydrogen (secondary N) is 1. The van der Waals surface area contributed by atoms with Crippen molar-refractivity contribution in [1.82, 2.24) is 9.78 Å². The SMILES string of the molecule is c1ccc(-c2nn(-c3ccccc3)c3c2C(c2ccc4c(c2)OCO4)SCCN3)cc1. The summed E-state index contributed by atoms with van der Waals surface area (Å²) in [6.45, 7) is 1.16. The number of thioether (sulfide) groups is 1. The van der Waals surface area contributed by atoms with Gasteiger partial charge in [0.1, 0.15) is 5.82 Å². The summed E-state index contributed by atoms with van der Waals surface area (Å²) in [4.78, 5) is 0. The van der Waals surface area contributed by atoms with E-state index in [1.165, 1.54) is 11.1 Å². The van der Waals surface area contributed by atoms with Gasteiger partial charge in [0.05, 0.1) is 16.6 Å². The molecule has 5 nitrogen and oxygen atoms in total. The second kappa shape index (κ2) is 7.71. The van der Waals surface area contributed by atoms with E-state index in [0.29, 0.717) is 0 Å². The standard InChI is InChI=1S/C25H21N3O2S/c1-3-7-17(8-4-1)23-22-24(18-11-12-20-21(15-18)30-16-29-20)31-14-13-26-25(22)28(27-23)19-9-5-2-6-10-19/h1-12,15,24,26H,13-14,16H2. The normalized spacial score (nSPS) is 17.0. The summed E-state index contributed by atoms with van der Waals surface area (Å²) in [5, 5.41) is 8.90. The van der Waals surface area contributed by atoms with Crippen molar-refractivity contribution < 1.29 is 9.47 Å². The third-order valence-corrected chi connectivity index (χ3v) is 6.89. The summed E-state index contributed by atoms with van der Waals surface area (Å²) < 4.78 is 13.2. The summed E-state index contributed by atoms with van der Waals surface area (Å²) in [6.07, 6.45) is 0. The fourth-order valence-electron chi connectivity index (χ4n) is 4.18. The highest BCUT2D eigenvalue weighted by molar-refractivity contribution is 7.99. The van der Waals surface area contributed by atoms with Gasteiger partial charge in [0, 0.05) is 23.4 Å². The highest BCUT2D eigenvalue weighted by atomic mass is 32.2. The third-order valence-electron chi connectivity index (χ3n) is 5.61. The number of hydrogen-bond acceptors (Lipinski definition) is 5. The molecular formula is C25H21N3O2S. The van der Waals surface area contributed by atoms with E-state index in [0.717, 1.165) is 46.6 Å². The average molecular weight is 428 g/mol. The molecule has 1 N–H and O–H groups in total. The number of benzene rings is 3. The summed E-state index contributed by atoms with van der Waals surface area (Å²) in [6, 6.07) is 27.0. The first-order valence-electron chi connectivity index (χ1n) is 10.4. The lowest BCUT2D eigenvalue weighted by Crippen LogP contribution is -2.08. The maximum Gasteiger partial charge on any atom is 0.231 e. The molecule has 1 aromatic heterocycles. The lowest BCUT2D eigenvalue weighted by Gasteiger charge is -2.17. The van der Waals surface area contributed by atoms with Gasteiger partial charge in [-0.25, -0.2) is 4.68 Å². The van der Waals surface area contributed by atoms with Gasteiger partial charge in [0.25, 0.3) is 0 Å². The molecular weight excluding hydrogens is 406 g/mol. The molecule has 4 aromatic rings. The highest BCUT2D eigenvalue weighted by Gasteiger charge is 2.31. The molecule has 1 atom stereocenters. The van der Waals surface area contributed by atoms with E-state index in [4.69, 9.17) is 14.6 Å². The molecule has 1 unspecified atom stereocenters. The molecule has 31 heavy (non-hydrogen) atoms. The van der Waals surface area contributed by atoms with Crippen LogP contribution < -0.4 is 14.8 Å². The summed E-state index contributed by atoms with van der Waals surface area (Å²) in [5.41, 5.74) is 5.57. The fraction of sp³-hybridized carbons (Fsp3) is 0.160. The number of hydrogen-bond donors (Lipinski definition) is 1. The predicted octanol–water partition coefficient (Wildman–Crippen LogP) is 5.52. The number of anilines is 1. The van der Waals surface area contributed by atoms with Gasteiger partial charge < -0.3 is 14.8 Å². The van der Waals surface area contributed by atoms with Crippen LogP contribution in [0.3, 0.4) is 0 Å². The summed E-state index contributed by atoms with van der Waals surface area (Å²) in [5.74, 6) is 3.67. The zero-order valence-corrected chi connectivity index (χ0v) is 17.6. The summed E-state index contributed by atoms with van der Waals surface area (Å²) in [7, 11) is 0. The van der Waals surface area contributed by atoms with Crippen LogP contribution in [0, 0.1) is 0 Å². The van der Waals surface area contributed by atoms with Crippen molar-refractivity contribution in [3.8, 4) is 28.4 Å². The molecule has 0 fully saturated rings. The van der Waals surface area contributed by atoms with E-state index in [-0.39, 0.29) is 12.0 Å². The average Bonchev–Trinajstić information content (AvgIpc) is 3.39. The Balaban J connectivity index is 1.57. The second-order valence-electron chi connectivity index (χ2n) is 7.51. The van der Waals surface area contributed by atoms with Crippen molar-refractivity contribution in [2.45, 2.75) is 5.25 Å². The van der Waals surface area contributed by atoms with Crippen LogP contribution in [0.4, 0.5) is 5.82 Å². The van der Waals surface area contributed by atoms with Crippen molar-refractivity contribution in [3.63, 3.8) is 0 Å². The molecule has 0 amide bonds. The minimum absolute atomic E-state index is 0.132. The fourth-order valence-corrected chi connectivity index (χ4v) is 5.37. The first kappa shape index (κ1) is 18.4. The molecule has 154 valence electrons. The van der Waals surface area contributed by atoms with Gasteiger partial charge in [-0.1, -0.05) is 54.6 Å². The van der Waals surface area contributed by atoms with E-state index in [1.54, 1.807) is 0 Å². The molecule has 0 aliphatic carbocycles. The first-order chi connectivity index (χ1) is 15.4. The monoisotopic (exact) mass is 427 g/mol. The van der Waals surface area contributed by atoms with Crippen LogP contribution >= 0.6 is 11.8 Å². The van der Waals surface area contributed by atoms with E-state index in [2.05, 4.69) is 53.8 Å². The molecule has 2 aliphatic rings. The van der Waals surface area contributed by atoms with Gasteiger partial charge in [0.15, 0.2) is 11.5 Å². The van der Waals surface area contributed by atoms with Crippen LogP contribution in [0.5, 0.6) is 11.5 Å². The number of para-hydroxylation sites is 1. The Labute approximate surface area is 185 Å². The van der Waals surface area contributed by atoms with Crippen molar-refractivity contribution in [2.75, 3.05) is 24.4 Å². The van der Waals surface area contributed by atoms with Crippen LogP contribution in [0.2, 0.25) is 0 Å². The minimum atomic E-state index is 0.132. The van der Waals surface area contributed by atoms with Crippen molar-refractivity contribution in [1.29, 1.82) is 0 Å². The lowest BCUT2D eigenvalue weighted by atomic mass is 9.99. The second-order valence-corrected chi connectivity index (χ2v) is 8.73. The van der Waals surface area contributed by atoms with Crippen LogP contribution in [0.25, 0.3) is 16.9 Å². The number of ether oxygens (including phenoxy) is 2. The van der Waals surface area contributed by atoms with Crippen molar-refractivity contribution in [3.05, 3.63) is 90.0 Å². The van der Waals surface area contributed by atoms with Crippen molar-refractivity contribution in [2.24, 2.45) is 0 Å². The molecule has 0 spiro atoms. The molecule has 6 rings (SSSR count). The van der Waals surface area contributed by atoms with Gasteiger partial charge in [0.2, 0.25) is 6.79 Å². The number of fused-ring (bicyclic) bond motifs is 2. The number of rotatable bonds is 3. The van der Waals surface area contributed by atoms with E-state index in [1.807, 2.05) is 46.8 Å². The molecule has 3 heterocycles. The Morgan fingerprint density at radius 2 is 1.68 bits per heavy atom. The zero-order valence-electron chi connectivity index (χ0n) is 16.8. The first-order valence-corrected chi connectivity index (χ1v) is 11.4. The minimum Gasteiger partial charge on any atom is -0.454 e. The third kappa shape index (κ3) is 3.24. The van der Waals surface area contributed by atoms with Gasteiger partial charge in [-0.3, -0.25) is 0 Å². The van der Waals surface area contributed by atoms with Gasteiger partial charge >= 0.3 is 0 Å². The molecule has 6 heteroatoms. The number of aromatic nitrogens is 2. The maximum absolute atomic E-state index is 5.67. The van der Waals surface area contributed by atoms with Crippen molar-refractivity contribution >= 4 is 17.6 Å². The largest absolute Gasteiger partial charge is 0.454 e.